The van der Waals surface area contributed by atoms with Gasteiger partial charge in [0.25, 0.3) is 0 Å². The van der Waals surface area contributed by atoms with E-state index in [1.165, 1.54) is 0 Å². The van der Waals surface area contributed by atoms with Crippen molar-refractivity contribution in [2.75, 3.05) is 16.8 Å². The Balaban J connectivity index is 1.83. The van der Waals surface area contributed by atoms with Gasteiger partial charge in [0.15, 0.2) is 6.19 Å². The summed E-state index contributed by atoms with van der Waals surface area (Å²) in [4.78, 5) is 12.9. The molecule has 2 aromatic heterocycles. The molecule has 29 heavy (non-hydrogen) atoms. The van der Waals surface area contributed by atoms with Gasteiger partial charge < -0.3 is 21.4 Å². The van der Waals surface area contributed by atoms with E-state index >= 15 is 0 Å². The quantitative estimate of drug-likeness (QED) is 0.387. The third kappa shape index (κ3) is 3.26. The molecule has 0 bridgehead atoms. The molecular formula is C19H16N10. The second kappa shape index (κ2) is 7.21. The molecule has 0 radical (unpaired) electrons. The van der Waals surface area contributed by atoms with Crippen molar-refractivity contribution in [3.63, 3.8) is 0 Å². The third-order valence-electron chi connectivity index (χ3n) is 4.55. The molecule has 3 heterocycles. The molecule has 0 aliphatic carbocycles. The average molecular weight is 384 g/mol. The molecule has 0 amide bonds. The van der Waals surface area contributed by atoms with Crippen LogP contribution in [0.3, 0.4) is 0 Å². The fourth-order valence-corrected chi connectivity index (χ4v) is 3.27. The zero-order valence-corrected chi connectivity index (χ0v) is 15.2. The van der Waals surface area contributed by atoms with Crippen molar-refractivity contribution in [3.05, 3.63) is 65.2 Å². The number of aromatic nitrogens is 3. The van der Waals surface area contributed by atoms with Crippen LogP contribution in [0.2, 0.25) is 0 Å². The maximum atomic E-state index is 9.41. The van der Waals surface area contributed by atoms with Gasteiger partial charge in [-0.05, 0) is 11.1 Å². The summed E-state index contributed by atoms with van der Waals surface area (Å²) in [5, 5.41) is 23.8. The number of nitrogens with two attached hydrogens (primary N) is 2. The molecule has 3 aromatic rings. The molecule has 0 saturated carbocycles. The number of hydrogen-bond donors (Lipinski definition) is 4. The van der Waals surface area contributed by atoms with Gasteiger partial charge in [-0.1, -0.05) is 24.3 Å². The topological polar surface area (TPSA) is 167 Å². The van der Waals surface area contributed by atoms with Crippen LogP contribution in [0.4, 0.5) is 17.3 Å². The Morgan fingerprint density at radius 2 is 2.14 bits per heavy atom. The molecule has 142 valence electrons. The number of nitrogen functional groups attached to an aromatic ring is 2. The summed E-state index contributed by atoms with van der Waals surface area (Å²) >= 11 is 0. The Bertz CT molecular complexity index is 1180. The monoisotopic (exact) mass is 384 g/mol. The first kappa shape index (κ1) is 17.8. The number of guanidine groups is 1. The maximum Gasteiger partial charge on any atom is 0.211 e. The highest BCUT2D eigenvalue weighted by Gasteiger charge is 2.29. The van der Waals surface area contributed by atoms with Crippen LogP contribution in [0, 0.1) is 22.8 Å². The van der Waals surface area contributed by atoms with Crippen LogP contribution in [0.25, 0.3) is 0 Å². The minimum atomic E-state index is -0.565. The SMILES string of the molecule is N#CNC1=NC(c2cccc(Cn3ccnc3)c2)c2c(nc(N)c(C#N)c2N)N1. The number of benzene rings is 1. The van der Waals surface area contributed by atoms with Gasteiger partial charge in [0, 0.05) is 24.5 Å². The first-order valence-electron chi connectivity index (χ1n) is 8.64. The Morgan fingerprint density at radius 3 is 2.86 bits per heavy atom. The van der Waals surface area contributed by atoms with E-state index in [1.807, 2.05) is 47.3 Å². The van der Waals surface area contributed by atoms with Crippen LogP contribution >= 0.6 is 0 Å². The van der Waals surface area contributed by atoms with Gasteiger partial charge >= 0.3 is 0 Å². The molecule has 1 aliphatic heterocycles. The highest BCUT2D eigenvalue weighted by Crippen LogP contribution is 2.40. The van der Waals surface area contributed by atoms with Crippen LogP contribution in [-0.2, 0) is 6.54 Å². The van der Waals surface area contributed by atoms with Crippen molar-refractivity contribution < 1.29 is 0 Å². The van der Waals surface area contributed by atoms with E-state index in [2.05, 4.69) is 25.6 Å². The van der Waals surface area contributed by atoms with E-state index in [0.29, 0.717) is 17.9 Å². The molecule has 0 spiro atoms. The Morgan fingerprint density at radius 1 is 1.28 bits per heavy atom. The van der Waals surface area contributed by atoms with Gasteiger partial charge in [-0.15, -0.1) is 0 Å². The first-order chi connectivity index (χ1) is 14.1. The lowest BCUT2D eigenvalue weighted by Crippen LogP contribution is -2.32. The number of nitrogens with zero attached hydrogens (tertiary/aromatic N) is 6. The first-order valence-corrected chi connectivity index (χ1v) is 8.64. The van der Waals surface area contributed by atoms with Crippen molar-refractivity contribution in [3.8, 4) is 12.3 Å². The molecule has 0 saturated heterocycles. The van der Waals surface area contributed by atoms with Gasteiger partial charge in [0.05, 0.1) is 12.0 Å². The average Bonchev–Trinajstić information content (AvgIpc) is 3.21. The Labute approximate surface area is 166 Å². The lowest BCUT2D eigenvalue weighted by Gasteiger charge is -2.26. The summed E-state index contributed by atoms with van der Waals surface area (Å²) in [5.41, 5.74) is 14.9. The molecule has 4 rings (SSSR count). The summed E-state index contributed by atoms with van der Waals surface area (Å²) in [6.45, 7) is 0.637. The van der Waals surface area contributed by atoms with E-state index in [4.69, 9.17) is 16.7 Å². The van der Waals surface area contributed by atoms with Gasteiger partial charge in [-0.25, -0.2) is 15.0 Å². The number of nitriles is 2. The van der Waals surface area contributed by atoms with Crippen LogP contribution in [0.15, 0.2) is 48.0 Å². The predicted molar refractivity (Wildman–Crippen MR) is 107 cm³/mol. The number of imidazole rings is 1. The van der Waals surface area contributed by atoms with E-state index in [0.717, 1.165) is 11.1 Å². The molecule has 1 unspecified atom stereocenters. The zero-order valence-electron chi connectivity index (χ0n) is 15.2. The number of hydrogen-bond acceptors (Lipinski definition) is 9. The van der Waals surface area contributed by atoms with Gasteiger partial charge in [-0.3, -0.25) is 5.32 Å². The van der Waals surface area contributed by atoms with Crippen molar-refractivity contribution in [1.82, 2.24) is 19.9 Å². The van der Waals surface area contributed by atoms with Crippen LogP contribution in [0.1, 0.15) is 28.3 Å². The normalized spacial score (nSPS) is 14.7. The number of fused-ring (bicyclic) bond motifs is 1. The number of rotatable bonds is 3. The van der Waals surface area contributed by atoms with E-state index in [9.17, 15) is 5.26 Å². The van der Waals surface area contributed by atoms with E-state index in [1.54, 1.807) is 12.5 Å². The van der Waals surface area contributed by atoms with Crippen LogP contribution in [-0.4, -0.2) is 20.5 Å². The molecule has 10 heteroatoms. The smallest absolute Gasteiger partial charge is 0.211 e. The van der Waals surface area contributed by atoms with Crippen molar-refractivity contribution in [2.24, 2.45) is 4.99 Å². The Hall–Kier alpha value is -4.57. The summed E-state index contributed by atoms with van der Waals surface area (Å²) < 4.78 is 1.95. The number of anilines is 3. The van der Waals surface area contributed by atoms with E-state index < -0.39 is 6.04 Å². The highest BCUT2D eigenvalue weighted by atomic mass is 15.2. The van der Waals surface area contributed by atoms with Gasteiger partial charge in [0.1, 0.15) is 29.3 Å². The fraction of sp³-hybridized carbons (Fsp3) is 0.105. The van der Waals surface area contributed by atoms with Crippen molar-refractivity contribution >= 4 is 23.3 Å². The molecule has 1 aromatic carbocycles. The second-order valence-electron chi connectivity index (χ2n) is 6.38. The highest BCUT2D eigenvalue weighted by molar-refractivity contribution is 5.98. The number of pyridine rings is 1. The minimum absolute atomic E-state index is 0.0158. The lowest BCUT2D eigenvalue weighted by molar-refractivity contribution is 0.788. The molecule has 10 nitrogen and oxygen atoms in total. The predicted octanol–water partition coefficient (Wildman–Crippen LogP) is 1.30. The summed E-state index contributed by atoms with van der Waals surface area (Å²) in [7, 11) is 0. The van der Waals surface area contributed by atoms with Crippen molar-refractivity contribution in [1.29, 1.82) is 10.5 Å². The maximum absolute atomic E-state index is 9.41. The second-order valence-corrected chi connectivity index (χ2v) is 6.38. The Kier molecular flexibility index (Phi) is 4.43. The molecule has 1 atom stereocenters. The van der Waals surface area contributed by atoms with Crippen LogP contribution < -0.4 is 22.1 Å². The molecular weight excluding hydrogens is 368 g/mol. The minimum Gasteiger partial charge on any atom is -0.397 e. The van der Waals surface area contributed by atoms with Gasteiger partial charge in [-0.2, -0.15) is 10.5 Å². The van der Waals surface area contributed by atoms with E-state index in [-0.39, 0.29) is 23.0 Å². The summed E-state index contributed by atoms with van der Waals surface area (Å²) in [5.74, 6) is 0.597. The summed E-state index contributed by atoms with van der Waals surface area (Å²) in [6, 6.07) is 9.25. The van der Waals surface area contributed by atoms with Crippen LogP contribution in [0.5, 0.6) is 0 Å². The fourth-order valence-electron chi connectivity index (χ4n) is 3.27. The van der Waals surface area contributed by atoms with Gasteiger partial charge in [0.2, 0.25) is 5.96 Å². The van der Waals surface area contributed by atoms with Crippen molar-refractivity contribution in [2.45, 2.75) is 12.6 Å². The molecule has 0 fully saturated rings. The number of aliphatic imine (C=N–C) groups is 1. The standard InChI is InChI=1S/C19H16N10/c20-7-13-15(22)14-16(26-19(25-9-21)28-18(14)27-17(13)23)12-3-1-2-11(6-12)8-29-5-4-24-10-29/h1-6,10,16H,8H2,(H6,22,23,25,26,27,28). The molecule has 6 N–H and O–H groups in total. The largest absolute Gasteiger partial charge is 0.397 e. The summed E-state index contributed by atoms with van der Waals surface area (Å²) in [6.07, 6.45) is 7.17. The molecule has 1 aliphatic rings. The third-order valence-corrected chi connectivity index (χ3v) is 4.55. The zero-order chi connectivity index (χ0) is 20.4. The number of nitrogens with one attached hydrogen (secondary N) is 2. The lowest BCUT2D eigenvalue weighted by atomic mass is 9.94.